The first-order valence-corrected chi connectivity index (χ1v) is 6.70. The van der Waals surface area contributed by atoms with Gasteiger partial charge >= 0.3 is 6.03 Å². The monoisotopic (exact) mass is 292 g/mol. The number of methoxy groups -OCH3 is 1. The number of ether oxygens (including phenoxy) is 1. The first kappa shape index (κ1) is 14.5. The molecule has 9 heteroatoms. The fourth-order valence-corrected chi connectivity index (χ4v) is 3.56. The van der Waals surface area contributed by atoms with Gasteiger partial charge in [0.15, 0.2) is 6.10 Å². The van der Waals surface area contributed by atoms with Gasteiger partial charge in [0.25, 0.3) is 5.91 Å². The minimum atomic E-state index is -1.18. The van der Waals surface area contributed by atoms with Crippen molar-refractivity contribution in [1.29, 1.82) is 0 Å². The van der Waals surface area contributed by atoms with Gasteiger partial charge in [0.1, 0.15) is 11.5 Å². The number of aliphatic hydroxyl groups is 3. The highest BCUT2D eigenvalue weighted by Crippen LogP contribution is 2.36. The summed E-state index contributed by atoms with van der Waals surface area (Å²) in [7, 11) is 1.35. The van der Waals surface area contributed by atoms with Crippen molar-refractivity contribution in [3.8, 4) is 0 Å². The summed E-state index contributed by atoms with van der Waals surface area (Å²) >= 11 is 1.10. The van der Waals surface area contributed by atoms with Gasteiger partial charge < -0.3 is 25.0 Å². The van der Waals surface area contributed by atoms with E-state index in [1.807, 2.05) is 0 Å². The van der Waals surface area contributed by atoms with Crippen molar-refractivity contribution in [3.63, 3.8) is 0 Å². The number of hydrogen-bond donors (Lipinski definition) is 4. The molecule has 0 spiro atoms. The second kappa shape index (κ2) is 5.63. The van der Waals surface area contributed by atoms with Gasteiger partial charge in [0, 0.05) is 7.11 Å². The van der Waals surface area contributed by atoms with Crippen LogP contribution in [0, 0.1) is 0 Å². The molecule has 3 amide bonds. The van der Waals surface area contributed by atoms with Crippen molar-refractivity contribution in [1.82, 2.24) is 10.2 Å². The number of aliphatic hydroxyl groups excluding tert-OH is 3. The summed E-state index contributed by atoms with van der Waals surface area (Å²) < 4.78 is 4.95. The van der Waals surface area contributed by atoms with E-state index < -0.39 is 40.9 Å². The average Bonchev–Trinajstić information content (AvgIpc) is 2.67. The normalized spacial score (nSPS) is 39.6. The molecule has 0 aromatic rings. The molecule has 3 unspecified atom stereocenters. The number of hydrogen-bond acceptors (Lipinski definition) is 7. The Balaban J connectivity index is 2.13. The van der Waals surface area contributed by atoms with E-state index in [0.29, 0.717) is 0 Å². The molecule has 0 aliphatic carbocycles. The van der Waals surface area contributed by atoms with Crippen LogP contribution in [-0.2, 0) is 9.53 Å². The van der Waals surface area contributed by atoms with Crippen molar-refractivity contribution < 1.29 is 29.6 Å². The van der Waals surface area contributed by atoms with Crippen LogP contribution in [0.3, 0.4) is 0 Å². The molecule has 8 nitrogen and oxygen atoms in total. The molecule has 0 aromatic carbocycles. The van der Waals surface area contributed by atoms with Crippen molar-refractivity contribution in [3.05, 3.63) is 0 Å². The molecule has 2 heterocycles. The summed E-state index contributed by atoms with van der Waals surface area (Å²) in [5.74, 6) is -0.527. The molecule has 2 fully saturated rings. The Kier molecular flexibility index (Phi) is 4.31. The Morgan fingerprint density at radius 3 is 2.63 bits per heavy atom. The number of nitrogens with zero attached hydrogens (tertiary/aromatic N) is 1. The zero-order valence-electron chi connectivity index (χ0n) is 10.2. The minimum Gasteiger partial charge on any atom is -0.395 e. The maximum absolute atomic E-state index is 11.8. The maximum atomic E-state index is 11.8. The summed E-state index contributed by atoms with van der Waals surface area (Å²) in [4.78, 5) is 24.4. The largest absolute Gasteiger partial charge is 0.395 e. The summed E-state index contributed by atoms with van der Waals surface area (Å²) in [6, 6.07) is -0.638. The van der Waals surface area contributed by atoms with E-state index in [0.717, 1.165) is 11.8 Å². The molecule has 19 heavy (non-hydrogen) atoms. The number of thioether (sulfide) groups is 1. The molecule has 108 valence electrons. The quantitative estimate of drug-likeness (QED) is 0.462. The lowest BCUT2D eigenvalue weighted by molar-refractivity contribution is -0.133. The second-order valence-corrected chi connectivity index (χ2v) is 5.76. The fraction of sp³-hybridized carbons (Fsp3) is 0.800. The van der Waals surface area contributed by atoms with Crippen molar-refractivity contribution in [2.45, 2.75) is 28.9 Å². The lowest BCUT2D eigenvalue weighted by Crippen LogP contribution is -2.61. The Bertz CT molecular complexity index is 381. The average molecular weight is 292 g/mol. The third-order valence-electron chi connectivity index (χ3n) is 3.25. The van der Waals surface area contributed by atoms with E-state index in [1.54, 1.807) is 0 Å². The van der Waals surface area contributed by atoms with Gasteiger partial charge in [-0.2, -0.15) is 0 Å². The number of rotatable bonds is 3. The van der Waals surface area contributed by atoms with Crippen molar-refractivity contribution in [2.75, 3.05) is 20.3 Å². The van der Waals surface area contributed by atoms with Crippen LogP contribution < -0.4 is 5.32 Å². The number of urea groups is 1. The molecule has 5 atom stereocenters. The summed E-state index contributed by atoms with van der Waals surface area (Å²) in [6.07, 6.45) is -3.11. The highest BCUT2D eigenvalue weighted by molar-refractivity contribution is 8.00. The van der Waals surface area contributed by atoms with Crippen LogP contribution in [0.25, 0.3) is 0 Å². The first-order chi connectivity index (χ1) is 8.99. The van der Waals surface area contributed by atoms with Gasteiger partial charge in [-0.3, -0.25) is 10.1 Å². The summed E-state index contributed by atoms with van der Waals surface area (Å²) in [5.41, 5.74) is 0. The van der Waals surface area contributed by atoms with Crippen LogP contribution in [0.2, 0.25) is 0 Å². The molecule has 4 N–H and O–H groups in total. The molecular formula is C10H16N2O6S. The lowest BCUT2D eigenvalue weighted by Gasteiger charge is -2.36. The molecule has 0 bridgehead atoms. The predicted molar refractivity (Wildman–Crippen MR) is 65.3 cm³/mol. The summed E-state index contributed by atoms with van der Waals surface area (Å²) in [6.45, 7) is -0.303. The number of nitrogens with one attached hydrogen (secondary N) is 1. The Labute approximate surface area is 113 Å². The van der Waals surface area contributed by atoms with Crippen molar-refractivity contribution in [2.24, 2.45) is 0 Å². The van der Waals surface area contributed by atoms with E-state index in [2.05, 4.69) is 5.32 Å². The molecule has 0 aromatic heterocycles. The van der Waals surface area contributed by atoms with Gasteiger partial charge in [0.2, 0.25) is 0 Å². The SMILES string of the molecule is COC1CN([C@@H]2S[C@H](CO)C(O)C2O)C(=O)NC1=O. The number of carbonyl (C=O) groups is 2. The van der Waals surface area contributed by atoms with Crippen LogP contribution in [-0.4, -0.2) is 81.4 Å². The van der Waals surface area contributed by atoms with E-state index in [4.69, 9.17) is 9.84 Å². The number of amides is 3. The van der Waals surface area contributed by atoms with Gasteiger partial charge in [-0.05, 0) is 0 Å². The molecule has 0 radical (unpaired) electrons. The van der Waals surface area contributed by atoms with Gasteiger partial charge in [-0.1, -0.05) is 0 Å². The Morgan fingerprint density at radius 2 is 2.11 bits per heavy atom. The third-order valence-corrected chi connectivity index (χ3v) is 4.84. The van der Waals surface area contributed by atoms with Gasteiger partial charge in [0.05, 0.1) is 24.5 Å². The second-order valence-electron chi connectivity index (χ2n) is 4.40. The van der Waals surface area contributed by atoms with Crippen LogP contribution >= 0.6 is 11.8 Å². The highest BCUT2D eigenvalue weighted by Gasteiger charge is 2.48. The molecule has 2 saturated heterocycles. The summed E-state index contributed by atoms with van der Waals surface area (Å²) in [5, 5.41) is 29.6. The molecule has 2 aliphatic rings. The number of carbonyl (C=O) groups excluding carboxylic acids is 2. The van der Waals surface area contributed by atoms with E-state index >= 15 is 0 Å². The predicted octanol–water partition coefficient (Wildman–Crippen LogP) is -2.29. The van der Waals surface area contributed by atoms with Crippen molar-refractivity contribution >= 4 is 23.7 Å². The molecule has 0 saturated carbocycles. The van der Waals surface area contributed by atoms with Gasteiger partial charge in [-0.25, -0.2) is 4.79 Å². The zero-order valence-corrected chi connectivity index (χ0v) is 11.0. The molecule has 2 rings (SSSR count). The third kappa shape index (κ3) is 2.56. The lowest BCUT2D eigenvalue weighted by atomic mass is 10.1. The topological polar surface area (TPSA) is 119 Å². The zero-order chi connectivity index (χ0) is 14.2. The fourth-order valence-electron chi connectivity index (χ4n) is 2.14. The first-order valence-electron chi connectivity index (χ1n) is 5.76. The van der Waals surface area contributed by atoms with Crippen LogP contribution in [0.5, 0.6) is 0 Å². The molecule has 2 aliphatic heterocycles. The number of imide groups is 1. The van der Waals surface area contributed by atoms with E-state index in [9.17, 15) is 19.8 Å². The smallest absolute Gasteiger partial charge is 0.325 e. The standard InChI is InChI=1S/C10H16N2O6S/c1-18-4-2-12(10(17)11-8(4)16)9-7(15)6(14)5(3-13)19-9/h4-7,9,13-15H,2-3H2,1H3,(H,11,16,17)/t4?,5-,6?,7?,9-/m1/s1. The van der Waals surface area contributed by atoms with Crippen LogP contribution in [0.15, 0.2) is 0 Å². The Hall–Kier alpha value is -0.870. The van der Waals surface area contributed by atoms with Crippen LogP contribution in [0.4, 0.5) is 4.79 Å². The molecular weight excluding hydrogens is 276 g/mol. The maximum Gasteiger partial charge on any atom is 0.325 e. The van der Waals surface area contributed by atoms with E-state index in [1.165, 1.54) is 12.0 Å². The van der Waals surface area contributed by atoms with E-state index in [-0.39, 0.29) is 13.2 Å². The Morgan fingerprint density at radius 1 is 1.42 bits per heavy atom. The highest BCUT2D eigenvalue weighted by atomic mass is 32.2. The van der Waals surface area contributed by atoms with Crippen LogP contribution in [0.1, 0.15) is 0 Å². The van der Waals surface area contributed by atoms with Gasteiger partial charge in [-0.15, -0.1) is 11.8 Å². The minimum absolute atomic E-state index is 0.000756.